The third-order valence-corrected chi connectivity index (χ3v) is 6.45. The number of aromatic nitrogens is 2. The number of methoxy groups -OCH3 is 1. The summed E-state index contributed by atoms with van der Waals surface area (Å²) in [5.41, 5.74) is 5.57. The smallest absolute Gasteiger partial charge is 0.339 e. The zero-order valence-electron chi connectivity index (χ0n) is 19.7. The van der Waals surface area contributed by atoms with E-state index in [0.717, 1.165) is 40.0 Å². The lowest BCUT2D eigenvalue weighted by Gasteiger charge is -2.29. The Morgan fingerprint density at radius 2 is 1.91 bits per heavy atom. The SMILES string of the molecule is COC(=O)c1ccccc1-n1c(C)cc([C@H]2[C@H](c3ccccn3)NC(=S)N2CC(C)C)c1C. The van der Waals surface area contributed by atoms with Crippen molar-refractivity contribution in [3.05, 3.63) is 82.9 Å². The van der Waals surface area contributed by atoms with Gasteiger partial charge < -0.3 is 19.5 Å². The molecule has 0 radical (unpaired) electrons. The van der Waals surface area contributed by atoms with Crippen molar-refractivity contribution in [2.45, 2.75) is 39.8 Å². The number of nitrogens with zero attached hydrogens (tertiary/aromatic N) is 3. The van der Waals surface area contributed by atoms with Crippen LogP contribution in [0.3, 0.4) is 0 Å². The van der Waals surface area contributed by atoms with Crippen molar-refractivity contribution in [2.24, 2.45) is 5.92 Å². The van der Waals surface area contributed by atoms with Crippen LogP contribution in [0.4, 0.5) is 0 Å². The molecule has 33 heavy (non-hydrogen) atoms. The molecule has 2 aromatic heterocycles. The molecule has 1 aliphatic rings. The summed E-state index contributed by atoms with van der Waals surface area (Å²) >= 11 is 5.78. The fourth-order valence-corrected chi connectivity index (χ4v) is 5.06. The normalized spacial score (nSPS) is 18.0. The number of carbonyl (C=O) groups is 1. The number of thiocarbonyl (C=S) groups is 1. The minimum Gasteiger partial charge on any atom is -0.465 e. The Morgan fingerprint density at radius 3 is 2.58 bits per heavy atom. The van der Waals surface area contributed by atoms with Crippen LogP contribution in [0.2, 0.25) is 0 Å². The van der Waals surface area contributed by atoms with Gasteiger partial charge in [-0.25, -0.2) is 4.79 Å². The molecule has 3 heterocycles. The first-order valence-electron chi connectivity index (χ1n) is 11.2. The minimum atomic E-state index is -0.351. The van der Waals surface area contributed by atoms with E-state index in [4.69, 9.17) is 17.0 Å². The Labute approximate surface area is 200 Å². The van der Waals surface area contributed by atoms with E-state index in [0.29, 0.717) is 11.5 Å². The first kappa shape index (κ1) is 23.0. The van der Waals surface area contributed by atoms with E-state index in [9.17, 15) is 4.79 Å². The van der Waals surface area contributed by atoms with E-state index in [1.807, 2.05) is 42.6 Å². The molecule has 6 nitrogen and oxygen atoms in total. The van der Waals surface area contributed by atoms with Crippen LogP contribution in [0.25, 0.3) is 5.69 Å². The third-order valence-electron chi connectivity index (χ3n) is 6.10. The number of ether oxygens (including phenoxy) is 1. The molecule has 0 spiro atoms. The van der Waals surface area contributed by atoms with E-state index >= 15 is 0 Å². The summed E-state index contributed by atoms with van der Waals surface area (Å²) in [6, 6.07) is 15.6. The second-order valence-electron chi connectivity index (χ2n) is 8.84. The first-order chi connectivity index (χ1) is 15.8. The molecule has 172 valence electrons. The van der Waals surface area contributed by atoms with Crippen LogP contribution in [0.5, 0.6) is 0 Å². The first-order valence-corrected chi connectivity index (χ1v) is 11.6. The maximum Gasteiger partial charge on any atom is 0.339 e. The van der Waals surface area contributed by atoms with Crippen molar-refractivity contribution in [3.63, 3.8) is 0 Å². The monoisotopic (exact) mass is 462 g/mol. The number of hydrogen-bond acceptors (Lipinski definition) is 4. The number of rotatable bonds is 6. The second-order valence-corrected chi connectivity index (χ2v) is 9.23. The average molecular weight is 463 g/mol. The highest BCUT2D eigenvalue weighted by Crippen LogP contribution is 2.41. The zero-order chi connectivity index (χ0) is 23.7. The summed E-state index contributed by atoms with van der Waals surface area (Å²) in [6.45, 7) is 9.39. The standard InChI is InChI=1S/C26H30N4O2S/c1-16(2)15-29-24(23(28-26(29)33)21-11-8-9-13-27-21)20-14-17(3)30(18(20)4)22-12-7-6-10-19(22)25(31)32-5/h6-14,16,23-24H,15H2,1-5H3,(H,28,33)/t23-,24-/m0/s1. The molecule has 1 aromatic carbocycles. The van der Waals surface area contributed by atoms with E-state index < -0.39 is 0 Å². The summed E-state index contributed by atoms with van der Waals surface area (Å²) < 4.78 is 7.17. The van der Waals surface area contributed by atoms with Crippen LogP contribution in [-0.4, -0.2) is 39.2 Å². The van der Waals surface area contributed by atoms with Crippen molar-refractivity contribution < 1.29 is 9.53 Å². The van der Waals surface area contributed by atoms with Gasteiger partial charge in [0.2, 0.25) is 0 Å². The van der Waals surface area contributed by atoms with Gasteiger partial charge in [0.15, 0.2) is 5.11 Å². The van der Waals surface area contributed by atoms with Crippen molar-refractivity contribution in [3.8, 4) is 5.69 Å². The van der Waals surface area contributed by atoms with Crippen molar-refractivity contribution in [1.82, 2.24) is 19.8 Å². The van der Waals surface area contributed by atoms with E-state index in [2.05, 4.69) is 53.5 Å². The number of carbonyl (C=O) groups excluding carboxylic acids is 1. The van der Waals surface area contributed by atoms with Crippen molar-refractivity contribution >= 4 is 23.3 Å². The molecule has 0 aliphatic carbocycles. The van der Waals surface area contributed by atoms with Gasteiger partial charge in [0.1, 0.15) is 0 Å². The number of aryl methyl sites for hydroxylation is 1. The summed E-state index contributed by atoms with van der Waals surface area (Å²) in [5, 5.41) is 4.26. The van der Waals surface area contributed by atoms with Gasteiger partial charge in [0, 0.05) is 24.1 Å². The molecule has 0 unspecified atom stereocenters. The lowest BCUT2D eigenvalue weighted by molar-refractivity contribution is 0.0600. The highest BCUT2D eigenvalue weighted by molar-refractivity contribution is 7.80. The highest BCUT2D eigenvalue weighted by Gasteiger charge is 2.41. The molecule has 1 N–H and O–H groups in total. The Morgan fingerprint density at radius 1 is 1.18 bits per heavy atom. The van der Waals surface area contributed by atoms with E-state index in [-0.39, 0.29) is 18.1 Å². The Hall–Kier alpha value is -3.19. The van der Waals surface area contributed by atoms with Gasteiger partial charge in [0.25, 0.3) is 0 Å². The van der Waals surface area contributed by atoms with Crippen LogP contribution in [-0.2, 0) is 4.74 Å². The van der Waals surface area contributed by atoms with Crippen molar-refractivity contribution in [1.29, 1.82) is 0 Å². The average Bonchev–Trinajstić information content (AvgIpc) is 3.28. The summed E-state index contributed by atoms with van der Waals surface area (Å²) in [5.74, 6) is 0.0921. The van der Waals surface area contributed by atoms with Gasteiger partial charge in [-0.3, -0.25) is 4.98 Å². The molecule has 2 atom stereocenters. The van der Waals surface area contributed by atoms with E-state index in [1.54, 1.807) is 6.07 Å². The number of pyridine rings is 1. The van der Waals surface area contributed by atoms with Crippen LogP contribution in [0.1, 0.15) is 58.9 Å². The molecule has 0 bridgehead atoms. The lowest BCUT2D eigenvalue weighted by Crippen LogP contribution is -2.33. The molecule has 1 saturated heterocycles. The molecule has 0 saturated carbocycles. The minimum absolute atomic E-state index is 0.0139. The van der Waals surface area contributed by atoms with Gasteiger partial charge in [-0.05, 0) is 67.9 Å². The highest BCUT2D eigenvalue weighted by atomic mass is 32.1. The second kappa shape index (κ2) is 9.35. The van der Waals surface area contributed by atoms with Crippen molar-refractivity contribution in [2.75, 3.05) is 13.7 Å². The number of hydrogen-bond donors (Lipinski definition) is 1. The van der Waals surface area contributed by atoms with Gasteiger partial charge in [-0.15, -0.1) is 0 Å². The largest absolute Gasteiger partial charge is 0.465 e. The predicted octanol–water partition coefficient (Wildman–Crippen LogP) is 4.90. The van der Waals surface area contributed by atoms with Gasteiger partial charge in [0.05, 0.1) is 36.1 Å². The Bertz CT molecular complexity index is 1170. The summed E-state index contributed by atoms with van der Waals surface area (Å²) in [6.07, 6.45) is 1.82. The maximum absolute atomic E-state index is 12.5. The fraction of sp³-hybridized carbons (Fsp3) is 0.346. The number of esters is 1. The predicted molar refractivity (Wildman–Crippen MR) is 134 cm³/mol. The van der Waals surface area contributed by atoms with Crippen LogP contribution >= 0.6 is 12.2 Å². The van der Waals surface area contributed by atoms with Crippen LogP contribution < -0.4 is 5.32 Å². The molecular weight excluding hydrogens is 432 g/mol. The van der Waals surface area contributed by atoms with Crippen LogP contribution in [0.15, 0.2) is 54.7 Å². The van der Waals surface area contributed by atoms with Crippen LogP contribution in [0, 0.1) is 19.8 Å². The van der Waals surface area contributed by atoms with E-state index in [1.165, 1.54) is 7.11 Å². The Balaban J connectivity index is 1.87. The molecule has 0 amide bonds. The topological polar surface area (TPSA) is 59.4 Å². The Kier molecular flexibility index (Phi) is 6.51. The summed E-state index contributed by atoms with van der Waals surface area (Å²) in [4.78, 5) is 19.4. The quantitative estimate of drug-likeness (QED) is 0.415. The van der Waals surface area contributed by atoms with Gasteiger partial charge in [-0.1, -0.05) is 32.0 Å². The molecular formula is C26H30N4O2S. The molecule has 1 fully saturated rings. The lowest BCUT2D eigenvalue weighted by atomic mass is 9.96. The maximum atomic E-state index is 12.5. The molecule has 3 aromatic rings. The molecule has 1 aliphatic heterocycles. The number of benzene rings is 1. The zero-order valence-corrected chi connectivity index (χ0v) is 20.5. The van der Waals surface area contributed by atoms with Gasteiger partial charge in [-0.2, -0.15) is 0 Å². The molecule has 7 heteroatoms. The molecule has 4 rings (SSSR count). The number of nitrogens with one attached hydrogen (secondary N) is 1. The van der Waals surface area contributed by atoms with Gasteiger partial charge >= 0.3 is 5.97 Å². The summed E-state index contributed by atoms with van der Waals surface area (Å²) in [7, 11) is 1.41. The fourth-order valence-electron chi connectivity index (χ4n) is 4.74. The number of para-hydroxylation sites is 1. The third kappa shape index (κ3) is 4.25.